The van der Waals surface area contributed by atoms with Gasteiger partial charge in [-0.2, -0.15) is 13.2 Å². The molecule has 0 fully saturated rings. The van der Waals surface area contributed by atoms with Crippen molar-refractivity contribution in [2.45, 2.75) is 19.5 Å². The number of aromatic nitrogens is 2. The molecule has 1 aromatic carbocycles. The summed E-state index contributed by atoms with van der Waals surface area (Å²) in [5.41, 5.74) is 1.20. The summed E-state index contributed by atoms with van der Waals surface area (Å²) < 4.78 is 38.2. The Morgan fingerprint density at radius 1 is 1.17 bits per heavy atom. The molecule has 0 aliphatic rings. The number of hydrogen-bond donors (Lipinski definition) is 1. The maximum Gasteiger partial charge on any atom is 0.416 e. The maximum atomic E-state index is 12.7. The van der Waals surface area contributed by atoms with Gasteiger partial charge in [0.1, 0.15) is 5.69 Å². The predicted molar refractivity (Wildman–Crippen MR) is 80.3 cm³/mol. The minimum atomic E-state index is -4.41. The van der Waals surface area contributed by atoms with Crippen LogP contribution in [0.15, 0.2) is 42.6 Å². The maximum absolute atomic E-state index is 12.7. The summed E-state index contributed by atoms with van der Waals surface area (Å²) in [5, 5.41) is 0.342. The minimum Gasteiger partial charge on any atom is -0.352 e. The van der Waals surface area contributed by atoms with Crippen LogP contribution in [0.3, 0.4) is 0 Å². The number of ketones is 1. The van der Waals surface area contributed by atoms with E-state index in [1.807, 2.05) is 13.0 Å². The fourth-order valence-corrected chi connectivity index (χ4v) is 2.39. The van der Waals surface area contributed by atoms with Crippen molar-refractivity contribution < 1.29 is 18.0 Å². The van der Waals surface area contributed by atoms with Crippen LogP contribution in [0.25, 0.3) is 10.9 Å². The molecule has 0 amide bonds. The highest BCUT2D eigenvalue weighted by Gasteiger charge is 2.30. The fraction of sp³-hybridized carbons (Fsp3) is 0.176. The highest BCUT2D eigenvalue weighted by atomic mass is 19.4. The number of alkyl halides is 3. The molecule has 3 nitrogen and oxygen atoms in total. The van der Waals surface area contributed by atoms with Gasteiger partial charge in [0.05, 0.1) is 11.3 Å². The number of benzene rings is 1. The van der Waals surface area contributed by atoms with E-state index in [1.54, 1.807) is 12.3 Å². The van der Waals surface area contributed by atoms with E-state index in [1.165, 1.54) is 12.1 Å². The van der Waals surface area contributed by atoms with Crippen LogP contribution in [-0.4, -0.2) is 15.8 Å². The number of aromatic amines is 1. The van der Waals surface area contributed by atoms with Gasteiger partial charge in [-0.3, -0.25) is 9.78 Å². The fourth-order valence-electron chi connectivity index (χ4n) is 2.39. The molecule has 3 rings (SSSR count). The average molecular weight is 318 g/mol. The molecule has 0 aliphatic heterocycles. The average Bonchev–Trinajstić information content (AvgIpc) is 2.96. The number of hydrogen-bond acceptors (Lipinski definition) is 2. The number of nitrogens with zero attached hydrogens (tertiary/aromatic N) is 1. The van der Waals surface area contributed by atoms with Gasteiger partial charge in [-0.25, -0.2) is 0 Å². The van der Waals surface area contributed by atoms with Crippen LogP contribution in [0.5, 0.6) is 0 Å². The molecule has 0 saturated heterocycles. The first-order chi connectivity index (χ1) is 10.9. The van der Waals surface area contributed by atoms with E-state index in [9.17, 15) is 18.0 Å². The van der Waals surface area contributed by atoms with Gasteiger partial charge < -0.3 is 4.98 Å². The summed E-state index contributed by atoms with van der Waals surface area (Å²) in [6.45, 7) is 1.96. The Morgan fingerprint density at radius 3 is 2.65 bits per heavy atom. The second-order valence-electron chi connectivity index (χ2n) is 5.21. The van der Waals surface area contributed by atoms with Crippen molar-refractivity contribution in [3.05, 3.63) is 65.1 Å². The van der Waals surface area contributed by atoms with Crippen LogP contribution in [-0.2, 0) is 12.6 Å². The van der Waals surface area contributed by atoms with Gasteiger partial charge >= 0.3 is 6.18 Å². The zero-order valence-electron chi connectivity index (χ0n) is 12.2. The molecule has 0 saturated carbocycles. The number of rotatable bonds is 3. The molecule has 23 heavy (non-hydrogen) atoms. The molecule has 0 atom stereocenters. The third-order valence-corrected chi connectivity index (χ3v) is 3.66. The molecule has 0 unspecified atom stereocenters. The van der Waals surface area contributed by atoms with Crippen molar-refractivity contribution >= 4 is 16.7 Å². The summed E-state index contributed by atoms with van der Waals surface area (Å²) in [4.78, 5) is 19.3. The quantitative estimate of drug-likeness (QED) is 0.729. The number of carbonyl (C=O) groups is 1. The normalized spacial score (nSPS) is 11.8. The largest absolute Gasteiger partial charge is 0.416 e. The topological polar surface area (TPSA) is 45.8 Å². The standard InChI is InChI=1S/C17H13F3N2O/c1-2-10-5-6-21-14(7-10)16(23)15-9-11-8-12(17(18,19)20)3-4-13(11)22-15/h3-9,22H,2H2,1H3. The number of pyridine rings is 1. The number of fused-ring (bicyclic) bond motifs is 1. The summed E-state index contributed by atoms with van der Waals surface area (Å²) in [6, 6.07) is 8.27. The lowest BCUT2D eigenvalue weighted by molar-refractivity contribution is -0.137. The Kier molecular flexibility index (Phi) is 3.67. The SMILES string of the molecule is CCc1ccnc(C(=O)c2cc3cc(C(F)(F)F)ccc3[nH]2)c1. The van der Waals surface area contributed by atoms with Crippen molar-refractivity contribution in [1.82, 2.24) is 9.97 Å². The first-order valence-corrected chi connectivity index (χ1v) is 7.08. The summed E-state index contributed by atoms with van der Waals surface area (Å²) in [5.74, 6) is -0.343. The van der Waals surface area contributed by atoms with E-state index in [-0.39, 0.29) is 17.2 Å². The Hall–Kier alpha value is -2.63. The molecule has 0 radical (unpaired) electrons. The van der Waals surface area contributed by atoms with Gasteiger partial charge in [-0.05, 0) is 48.4 Å². The highest BCUT2D eigenvalue weighted by molar-refractivity contribution is 6.09. The molecular weight excluding hydrogens is 305 g/mol. The lowest BCUT2D eigenvalue weighted by Gasteiger charge is -2.05. The Labute approximate surface area is 130 Å². The van der Waals surface area contributed by atoms with Crippen LogP contribution in [0.2, 0.25) is 0 Å². The molecule has 1 N–H and O–H groups in total. The lowest BCUT2D eigenvalue weighted by Crippen LogP contribution is -2.04. The van der Waals surface area contributed by atoms with E-state index >= 15 is 0 Å². The van der Waals surface area contributed by atoms with E-state index in [0.29, 0.717) is 10.9 Å². The second kappa shape index (κ2) is 5.53. The van der Waals surface area contributed by atoms with Gasteiger partial charge in [0.15, 0.2) is 0 Å². The molecule has 2 heterocycles. The molecule has 6 heteroatoms. The zero-order chi connectivity index (χ0) is 16.6. The van der Waals surface area contributed by atoms with Crippen LogP contribution < -0.4 is 0 Å². The highest BCUT2D eigenvalue weighted by Crippen LogP contribution is 2.31. The van der Waals surface area contributed by atoms with Crippen LogP contribution in [0.4, 0.5) is 13.2 Å². The van der Waals surface area contributed by atoms with Gasteiger partial charge in [0, 0.05) is 17.1 Å². The van der Waals surface area contributed by atoms with Crippen molar-refractivity contribution in [2.75, 3.05) is 0 Å². The number of carbonyl (C=O) groups excluding carboxylic acids is 1. The van der Waals surface area contributed by atoms with Crippen LogP contribution >= 0.6 is 0 Å². The van der Waals surface area contributed by atoms with E-state index in [4.69, 9.17) is 0 Å². The van der Waals surface area contributed by atoms with Crippen molar-refractivity contribution in [3.63, 3.8) is 0 Å². The van der Waals surface area contributed by atoms with Gasteiger partial charge in [0.25, 0.3) is 0 Å². The van der Waals surface area contributed by atoms with Crippen LogP contribution in [0.1, 0.15) is 34.2 Å². The number of nitrogens with one attached hydrogen (secondary N) is 1. The smallest absolute Gasteiger partial charge is 0.352 e. The van der Waals surface area contributed by atoms with Crippen molar-refractivity contribution in [3.8, 4) is 0 Å². The Balaban J connectivity index is 2.01. The van der Waals surface area contributed by atoms with Gasteiger partial charge in [0.2, 0.25) is 5.78 Å². The van der Waals surface area contributed by atoms with Gasteiger partial charge in [-0.15, -0.1) is 0 Å². The Bertz CT molecular complexity index is 881. The molecule has 0 spiro atoms. The van der Waals surface area contributed by atoms with E-state index < -0.39 is 11.7 Å². The monoisotopic (exact) mass is 318 g/mol. The Morgan fingerprint density at radius 2 is 1.96 bits per heavy atom. The first kappa shape index (κ1) is 15.3. The lowest BCUT2D eigenvalue weighted by atomic mass is 10.1. The zero-order valence-corrected chi connectivity index (χ0v) is 12.2. The summed E-state index contributed by atoms with van der Waals surface area (Å²) in [6.07, 6.45) is -2.09. The number of aryl methyl sites for hydroxylation is 1. The number of H-pyrrole nitrogens is 1. The second-order valence-corrected chi connectivity index (χ2v) is 5.21. The molecule has 3 aromatic rings. The van der Waals surface area contributed by atoms with Gasteiger partial charge in [-0.1, -0.05) is 6.92 Å². The number of halogens is 3. The predicted octanol–water partition coefficient (Wildman–Crippen LogP) is 4.38. The molecule has 2 aromatic heterocycles. The molecule has 118 valence electrons. The molecule has 0 bridgehead atoms. The summed E-state index contributed by atoms with van der Waals surface area (Å²) >= 11 is 0. The van der Waals surface area contributed by atoms with Crippen molar-refractivity contribution in [2.24, 2.45) is 0 Å². The van der Waals surface area contributed by atoms with Crippen LogP contribution in [0, 0.1) is 0 Å². The first-order valence-electron chi connectivity index (χ1n) is 7.08. The molecular formula is C17H13F3N2O. The van der Waals surface area contributed by atoms with E-state index in [2.05, 4.69) is 9.97 Å². The van der Waals surface area contributed by atoms with Crippen molar-refractivity contribution in [1.29, 1.82) is 0 Å². The minimum absolute atomic E-state index is 0.222. The van der Waals surface area contributed by atoms with E-state index in [0.717, 1.165) is 24.1 Å². The summed E-state index contributed by atoms with van der Waals surface area (Å²) in [7, 11) is 0. The third-order valence-electron chi connectivity index (χ3n) is 3.66. The third kappa shape index (κ3) is 2.97. The molecule has 0 aliphatic carbocycles.